The van der Waals surface area contributed by atoms with Crippen LogP contribution in [0.15, 0.2) is 42.7 Å². The van der Waals surface area contributed by atoms with E-state index in [4.69, 9.17) is 23.2 Å². The van der Waals surface area contributed by atoms with Gasteiger partial charge in [-0.05, 0) is 37.3 Å². The molecule has 0 saturated heterocycles. The van der Waals surface area contributed by atoms with Crippen molar-refractivity contribution in [2.24, 2.45) is 0 Å². The minimum atomic E-state index is 0.595. The van der Waals surface area contributed by atoms with Crippen LogP contribution >= 0.6 is 23.2 Å². The van der Waals surface area contributed by atoms with E-state index in [9.17, 15) is 0 Å². The second-order valence-corrected chi connectivity index (χ2v) is 5.33. The number of imidazole rings is 1. The van der Waals surface area contributed by atoms with E-state index in [1.807, 2.05) is 31.2 Å². The van der Waals surface area contributed by atoms with E-state index in [0.29, 0.717) is 10.0 Å². The summed E-state index contributed by atoms with van der Waals surface area (Å²) < 4.78 is 0. The monoisotopic (exact) mass is 303 g/mol. The fraction of sp³-hybridized carbons (Fsp3) is 0.0667. The van der Waals surface area contributed by atoms with Crippen LogP contribution in [0.3, 0.4) is 0 Å². The van der Waals surface area contributed by atoms with Crippen LogP contribution in [0.4, 0.5) is 0 Å². The van der Waals surface area contributed by atoms with Crippen LogP contribution in [0, 0.1) is 6.92 Å². The standard InChI is InChI=1S/C15H11Cl2N3/c1-9-14(11-5-12(16)7-13(17)6-11)20-15(19-9)10-3-2-4-18-8-10/h2-8H,1H3,(H,19,20). The third-order valence-corrected chi connectivity index (χ3v) is 3.39. The molecule has 1 N–H and O–H groups in total. The number of hydrogen-bond acceptors (Lipinski definition) is 2. The van der Waals surface area contributed by atoms with E-state index in [1.165, 1.54) is 0 Å². The summed E-state index contributed by atoms with van der Waals surface area (Å²) in [4.78, 5) is 12.0. The SMILES string of the molecule is Cc1[nH]c(-c2cccnc2)nc1-c1cc(Cl)cc(Cl)c1. The molecule has 5 heteroatoms. The van der Waals surface area contributed by atoms with Gasteiger partial charge in [0.2, 0.25) is 0 Å². The van der Waals surface area contributed by atoms with Crippen molar-refractivity contribution in [3.8, 4) is 22.6 Å². The highest BCUT2D eigenvalue weighted by Crippen LogP contribution is 2.29. The fourth-order valence-corrected chi connectivity index (χ4v) is 2.60. The van der Waals surface area contributed by atoms with Crippen molar-refractivity contribution in [1.29, 1.82) is 0 Å². The Hall–Kier alpha value is -1.84. The van der Waals surface area contributed by atoms with Gasteiger partial charge in [0, 0.05) is 39.3 Å². The van der Waals surface area contributed by atoms with E-state index in [1.54, 1.807) is 18.5 Å². The second-order valence-electron chi connectivity index (χ2n) is 4.46. The highest BCUT2D eigenvalue weighted by atomic mass is 35.5. The molecule has 0 unspecified atom stereocenters. The lowest BCUT2D eigenvalue weighted by Crippen LogP contribution is -1.82. The number of halogens is 2. The number of H-pyrrole nitrogens is 1. The lowest BCUT2D eigenvalue weighted by atomic mass is 10.1. The summed E-state index contributed by atoms with van der Waals surface area (Å²) in [5.74, 6) is 0.779. The Labute approximate surface area is 126 Å². The molecule has 0 fully saturated rings. The summed E-state index contributed by atoms with van der Waals surface area (Å²) >= 11 is 12.1. The average molecular weight is 304 g/mol. The lowest BCUT2D eigenvalue weighted by molar-refractivity contribution is 1.23. The van der Waals surface area contributed by atoms with Gasteiger partial charge >= 0.3 is 0 Å². The number of aryl methyl sites for hydroxylation is 1. The van der Waals surface area contributed by atoms with E-state index >= 15 is 0 Å². The molecule has 2 aromatic heterocycles. The fourth-order valence-electron chi connectivity index (χ4n) is 2.07. The smallest absolute Gasteiger partial charge is 0.139 e. The molecular formula is C15H11Cl2N3. The van der Waals surface area contributed by atoms with Crippen molar-refractivity contribution < 1.29 is 0 Å². The number of pyridine rings is 1. The van der Waals surface area contributed by atoms with Crippen molar-refractivity contribution >= 4 is 23.2 Å². The largest absolute Gasteiger partial charge is 0.341 e. The first-order valence-corrected chi connectivity index (χ1v) is 6.82. The number of aromatic nitrogens is 3. The molecule has 20 heavy (non-hydrogen) atoms. The molecule has 0 radical (unpaired) electrons. The van der Waals surface area contributed by atoms with Crippen LogP contribution in [0.25, 0.3) is 22.6 Å². The van der Waals surface area contributed by atoms with Gasteiger partial charge in [0.05, 0.1) is 5.69 Å². The molecule has 1 aromatic carbocycles. The van der Waals surface area contributed by atoms with E-state index in [-0.39, 0.29) is 0 Å². The van der Waals surface area contributed by atoms with E-state index < -0.39 is 0 Å². The molecule has 0 amide bonds. The van der Waals surface area contributed by atoms with E-state index in [0.717, 1.165) is 28.3 Å². The van der Waals surface area contributed by atoms with Crippen molar-refractivity contribution in [2.45, 2.75) is 6.92 Å². The zero-order valence-electron chi connectivity index (χ0n) is 10.7. The highest BCUT2D eigenvalue weighted by molar-refractivity contribution is 6.35. The van der Waals surface area contributed by atoms with Crippen LogP contribution < -0.4 is 0 Å². The van der Waals surface area contributed by atoms with Gasteiger partial charge < -0.3 is 4.98 Å². The van der Waals surface area contributed by atoms with Crippen molar-refractivity contribution in [3.63, 3.8) is 0 Å². The van der Waals surface area contributed by atoms with Gasteiger partial charge in [0.25, 0.3) is 0 Å². The maximum Gasteiger partial charge on any atom is 0.139 e. The first kappa shape index (κ1) is 13.2. The van der Waals surface area contributed by atoms with Crippen LogP contribution in [0.1, 0.15) is 5.69 Å². The quantitative estimate of drug-likeness (QED) is 0.742. The Balaban J connectivity index is 2.09. The molecule has 3 nitrogen and oxygen atoms in total. The first-order valence-electron chi connectivity index (χ1n) is 6.07. The highest BCUT2D eigenvalue weighted by Gasteiger charge is 2.11. The van der Waals surface area contributed by atoms with Gasteiger partial charge in [-0.1, -0.05) is 23.2 Å². The van der Waals surface area contributed by atoms with Gasteiger partial charge in [0.1, 0.15) is 5.82 Å². The molecule has 100 valence electrons. The summed E-state index contributed by atoms with van der Waals surface area (Å²) in [7, 11) is 0. The number of hydrogen-bond donors (Lipinski definition) is 1. The Morgan fingerprint density at radius 2 is 1.80 bits per heavy atom. The maximum atomic E-state index is 6.04. The molecule has 2 heterocycles. The number of benzene rings is 1. The summed E-state index contributed by atoms with van der Waals surface area (Å²) in [5.41, 5.74) is 3.64. The second kappa shape index (κ2) is 5.27. The predicted octanol–water partition coefficient (Wildman–Crippen LogP) is 4.75. The van der Waals surface area contributed by atoms with Gasteiger partial charge in [-0.15, -0.1) is 0 Å². The predicted molar refractivity (Wildman–Crippen MR) is 82.0 cm³/mol. The number of nitrogens with one attached hydrogen (secondary N) is 1. The summed E-state index contributed by atoms with van der Waals surface area (Å²) in [5, 5.41) is 1.19. The molecule has 0 atom stereocenters. The molecule has 3 rings (SSSR count). The van der Waals surface area contributed by atoms with Crippen molar-refractivity contribution in [2.75, 3.05) is 0 Å². The van der Waals surface area contributed by atoms with Crippen LogP contribution in [0.5, 0.6) is 0 Å². The molecule has 0 aliphatic carbocycles. The Kier molecular flexibility index (Phi) is 3.47. The summed E-state index contributed by atoms with van der Waals surface area (Å²) in [6, 6.07) is 9.24. The van der Waals surface area contributed by atoms with Crippen LogP contribution in [0.2, 0.25) is 10.0 Å². The molecular weight excluding hydrogens is 293 g/mol. The third-order valence-electron chi connectivity index (χ3n) is 2.96. The maximum absolute atomic E-state index is 6.04. The summed E-state index contributed by atoms with van der Waals surface area (Å²) in [6.45, 7) is 1.97. The summed E-state index contributed by atoms with van der Waals surface area (Å²) in [6.07, 6.45) is 3.50. The molecule has 0 spiro atoms. The average Bonchev–Trinajstić information content (AvgIpc) is 2.81. The van der Waals surface area contributed by atoms with Crippen LogP contribution in [-0.4, -0.2) is 15.0 Å². The van der Waals surface area contributed by atoms with Crippen molar-refractivity contribution in [1.82, 2.24) is 15.0 Å². The van der Waals surface area contributed by atoms with Gasteiger partial charge in [0.15, 0.2) is 0 Å². The molecule has 0 bridgehead atoms. The Morgan fingerprint density at radius 1 is 1.05 bits per heavy atom. The van der Waals surface area contributed by atoms with Gasteiger partial charge in [-0.2, -0.15) is 0 Å². The number of aromatic amines is 1. The number of nitrogens with zero attached hydrogens (tertiary/aromatic N) is 2. The molecule has 0 aliphatic heterocycles. The topological polar surface area (TPSA) is 41.6 Å². The van der Waals surface area contributed by atoms with Gasteiger partial charge in [-0.3, -0.25) is 4.98 Å². The third kappa shape index (κ3) is 2.55. The molecule has 0 saturated carbocycles. The number of rotatable bonds is 2. The minimum absolute atomic E-state index is 0.595. The van der Waals surface area contributed by atoms with Crippen LogP contribution in [-0.2, 0) is 0 Å². The zero-order chi connectivity index (χ0) is 14.1. The molecule has 0 aliphatic rings. The Bertz CT molecular complexity index is 731. The van der Waals surface area contributed by atoms with E-state index in [2.05, 4.69) is 15.0 Å². The Morgan fingerprint density at radius 3 is 2.45 bits per heavy atom. The minimum Gasteiger partial charge on any atom is -0.341 e. The normalized spacial score (nSPS) is 10.8. The zero-order valence-corrected chi connectivity index (χ0v) is 12.2. The van der Waals surface area contributed by atoms with Crippen molar-refractivity contribution in [3.05, 3.63) is 58.5 Å². The lowest BCUT2D eigenvalue weighted by Gasteiger charge is -2.01. The first-order chi connectivity index (χ1) is 9.63. The van der Waals surface area contributed by atoms with Gasteiger partial charge in [-0.25, -0.2) is 4.98 Å². The molecule has 3 aromatic rings.